The minimum absolute atomic E-state index is 0. The van der Waals surface area contributed by atoms with Crippen molar-refractivity contribution in [2.75, 3.05) is 0 Å². The molecule has 0 atom stereocenters. The van der Waals surface area contributed by atoms with Crippen LogP contribution in [0.2, 0.25) is 0 Å². The summed E-state index contributed by atoms with van der Waals surface area (Å²) in [7, 11) is -4.64. The van der Waals surface area contributed by atoms with Crippen molar-refractivity contribution in [3.05, 3.63) is 0 Å². The van der Waals surface area contributed by atoms with Crippen molar-refractivity contribution in [2.24, 2.45) is 0 Å². The quantitative estimate of drug-likeness (QED) is 0.251. The van der Waals surface area contributed by atoms with E-state index in [-0.39, 0.29) is 57.4 Å². The molecule has 0 aliphatic rings. The summed E-state index contributed by atoms with van der Waals surface area (Å²) in [5, 5.41) is 0. The van der Waals surface area contributed by atoms with Gasteiger partial charge >= 0.3 is 45.5 Å². The van der Waals surface area contributed by atoms with Crippen molar-refractivity contribution in [1.29, 1.82) is 0 Å². The van der Waals surface area contributed by atoms with Crippen LogP contribution in [0.15, 0.2) is 0 Å². The van der Waals surface area contributed by atoms with Crippen LogP contribution in [0.3, 0.4) is 0 Å². The third kappa shape index (κ3) is 110. The first kappa shape index (κ1) is 22.6. The molecule has 8 heavy (non-hydrogen) atoms. The molecule has 0 spiro atoms. The predicted molar refractivity (Wildman–Crippen MR) is 16.5 cm³/mol. The molecule has 0 aliphatic carbocycles. The summed E-state index contributed by atoms with van der Waals surface area (Å²) >= 11 is 0. The molecule has 8 heteroatoms. The Labute approximate surface area is 84.2 Å². The maximum Gasteiger partial charge on any atom is 1.00 e. The fourth-order valence-electron chi connectivity index (χ4n) is 0. The molecule has 3 N–H and O–H groups in total. The van der Waals surface area contributed by atoms with Gasteiger partial charge in [0.05, 0.1) is 0 Å². The minimum atomic E-state index is -4.64. The Balaban J connectivity index is -0.00000000800. The molecular weight excluding hydrogens is 168 g/mol. The largest absolute Gasteiger partial charge is 1.00 e. The summed E-state index contributed by atoms with van der Waals surface area (Å²) in [5.74, 6) is 0. The van der Waals surface area contributed by atoms with Gasteiger partial charge in [-0.05, 0) is 0 Å². The maximum atomic E-state index is 8.88. The van der Waals surface area contributed by atoms with Crippen LogP contribution in [0.25, 0.3) is 0 Å². The van der Waals surface area contributed by atoms with Gasteiger partial charge in [0.25, 0.3) is 0 Å². The van der Waals surface area contributed by atoms with Crippen molar-refractivity contribution < 1.29 is 76.6 Å². The minimum Gasteiger partial charge on any atom is -1.00 e. The van der Waals surface area contributed by atoms with Gasteiger partial charge in [-0.25, -0.2) is 4.57 Å². The Morgan fingerprint density at radius 1 is 1.12 bits per heavy atom. The zero-order valence-electron chi connectivity index (χ0n) is 6.53. The second-order valence-electron chi connectivity index (χ2n) is 0.513. The fourth-order valence-corrected chi connectivity index (χ4v) is 0. The Morgan fingerprint density at radius 2 is 1.12 bits per heavy atom. The van der Waals surface area contributed by atoms with E-state index < -0.39 is 7.82 Å². The molecule has 0 aromatic rings. The van der Waals surface area contributed by atoms with Crippen LogP contribution in [0.5, 0.6) is 0 Å². The van der Waals surface area contributed by atoms with Crippen LogP contribution in [0.4, 0.5) is 0 Å². The first-order chi connectivity index (χ1) is 2.00. The zero-order chi connectivity index (χ0) is 4.50. The molecule has 1 radical (unpaired) electrons. The molecule has 0 aromatic heterocycles. The maximum absolute atomic E-state index is 8.88. The van der Waals surface area contributed by atoms with E-state index in [1.54, 1.807) is 0 Å². The topological polar surface area (TPSA) is 77.8 Å². The Kier molecular flexibility index (Phi) is 24.8. The smallest absolute Gasteiger partial charge is 1.00 e. The molecule has 0 bridgehead atoms. The van der Waals surface area contributed by atoms with Crippen LogP contribution < -0.4 is 37.7 Å². The summed E-state index contributed by atoms with van der Waals surface area (Å²) in [5.41, 5.74) is 0. The summed E-state index contributed by atoms with van der Waals surface area (Å²) in [6.07, 6.45) is 0. The molecule has 0 saturated carbocycles. The molecule has 0 rings (SSSR count). The van der Waals surface area contributed by atoms with E-state index in [4.69, 9.17) is 19.2 Å². The first-order valence-corrected chi connectivity index (χ1v) is 2.35. The van der Waals surface area contributed by atoms with Crippen molar-refractivity contribution in [3.63, 3.8) is 0 Å². The van der Waals surface area contributed by atoms with Gasteiger partial charge in [-0.3, -0.25) is 0 Å². The molecule has 0 heterocycles. The zero-order valence-corrected chi connectivity index (χ0v) is 6.47. The summed E-state index contributed by atoms with van der Waals surface area (Å²) in [4.78, 5) is 21.6. The normalized spacial score (nSPS) is 7.38. The monoisotopic (exact) mass is 173 g/mol. The molecule has 0 aromatic carbocycles. The molecule has 0 fully saturated rings. The van der Waals surface area contributed by atoms with Crippen LogP contribution in [0, 0.1) is 0 Å². The predicted octanol–water partition coefficient (Wildman–Crippen LogP) is -6.70. The number of phosphoric acid groups is 1. The Morgan fingerprint density at radius 3 is 1.12 bits per heavy atom. The summed E-state index contributed by atoms with van der Waals surface area (Å²) in [6.45, 7) is 0. The SMILES string of the molecule is O=P(O)(O)O.[Co].[H-].[H-].[Li+].[Li+]. The van der Waals surface area contributed by atoms with E-state index in [0.29, 0.717) is 0 Å². The van der Waals surface area contributed by atoms with Gasteiger partial charge < -0.3 is 17.5 Å². The first-order valence-electron chi connectivity index (χ1n) is 0.783. The molecule has 4 nitrogen and oxygen atoms in total. The average Bonchev–Trinajstić information content (AvgIpc) is 0.722. The van der Waals surface area contributed by atoms with Crippen LogP contribution >= 0.6 is 7.82 Å². The van der Waals surface area contributed by atoms with E-state index in [1.165, 1.54) is 0 Å². The van der Waals surface area contributed by atoms with Gasteiger partial charge in [-0.15, -0.1) is 0 Å². The van der Waals surface area contributed by atoms with Crippen LogP contribution in [0.1, 0.15) is 2.85 Å². The van der Waals surface area contributed by atoms with Crippen molar-refractivity contribution in [1.82, 2.24) is 0 Å². The molecule has 0 saturated heterocycles. The van der Waals surface area contributed by atoms with Gasteiger partial charge in [0.15, 0.2) is 0 Å². The van der Waals surface area contributed by atoms with E-state index in [2.05, 4.69) is 0 Å². The molecule has 0 amide bonds. The summed E-state index contributed by atoms with van der Waals surface area (Å²) in [6, 6.07) is 0. The molecule has 45 valence electrons. The van der Waals surface area contributed by atoms with Gasteiger partial charge in [-0.1, -0.05) is 0 Å². The second kappa shape index (κ2) is 8.81. The molecular formula is H5CoLi2O4P. The van der Waals surface area contributed by atoms with Gasteiger partial charge in [0.1, 0.15) is 0 Å². The van der Waals surface area contributed by atoms with E-state index in [0.717, 1.165) is 0 Å². The van der Waals surface area contributed by atoms with Gasteiger partial charge in [0, 0.05) is 16.8 Å². The van der Waals surface area contributed by atoms with E-state index in [1.807, 2.05) is 0 Å². The van der Waals surface area contributed by atoms with Crippen LogP contribution in [-0.2, 0) is 21.3 Å². The summed E-state index contributed by atoms with van der Waals surface area (Å²) < 4.78 is 8.88. The van der Waals surface area contributed by atoms with Gasteiger partial charge in [-0.2, -0.15) is 0 Å². The van der Waals surface area contributed by atoms with Crippen molar-refractivity contribution in [3.8, 4) is 0 Å². The third-order valence-corrected chi connectivity index (χ3v) is 0. The Hall–Kier alpha value is 1.81. The second-order valence-corrected chi connectivity index (χ2v) is 1.54. The average molecular weight is 173 g/mol. The number of rotatable bonds is 0. The Bertz CT molecular complexity index is 67.4. The van der Waals surface area contributed by atoms with Crippen LogP contribution in [-0.4, -0.2) is 14.7 Å². The van der Waals surface area contributed by atoms with E-state index in [9.17, 15) is 0 Å². The van der Waals surface area contributed by atoms with Crippen molar-refractivity contribution >= 4 is 7.82 Å². The molecule has 0 unspecified atom stereocenters. The van der Waals surface area contributed by atoms with Crippen molar-refractivity contribution in [2.45, 2.75) is 0 Å². The fraction of sp³-hybridized carbons (Fsp3) is 0. The number of hydrogen-bond donors (Lipinski definition) is 3. The third-order valence-electron chi connectivity index (χ3n) is 0. The molecule has 0 aliphatic heterocycles. The number of hydrogen-bond acceptors (Lipinski definition) is 1. The standard InChI is InChI=1S/Co.2Li.H3O4P.2H/c;;;1-5(2,3)4;;/h;;;(H3,1,2,3,4);;/q;2*+1;;2*-1. The van der Waals surface area contributed by atoms with E-state index >= 15 is 0 Å². The van der Waals surface area contributed by atoms with Gasteiger partial charge in [0.2, 0.25) is 0 Å².